The number of hydrogen-bond acceptors (Lipinski definition) is 4. The van der Waals surface area contributed by atoms with Gasteiger partial charge in [0.15, 0.2) is 9.84 Å². The van der Waals surface area contributed by atoms with E-state index in [1.807, 2.05) is 13.8 Å². The van der Waals surface area contributed by atoms with Crippen LogP contribution in [0.5, 0.6) is 0 Å². The van der Waals surface area contributed by atoms with Gasteiger partial charge in [0.1, 0.15) is 0 Å². The van der Waals surface area contributed by atoms with E-state index in [0.717, 1.165) is 6.42 Å². The summed E-state index contributed by atoms with van der Waals surface area (Å²) in [6.07, 6.45) is 1.45. The summed E-state index contributed by atoms with van der Waals surface area (Å²) in [4.78, 5) is 11.3. The van der Waals surface area contributed by atoms with Crippen molar-refractivity contribution < 1.29 is 13.2 Å². The summed E-state index contributed by atoms with van der Waals surface area (Å²) in [5.74, 6) is 0.197. The Bertz CT molecular complexity index is 338. The minimum absolute atomic E-state index is 0.0922. The van der Waals surface area contributed by atoms with E-state index in [0.29, 0.717) is 13.0 Å². The smallest absolute Gasteiger partial charge is 0.234 e. The Balaban J connectivity index is 2.23. The molecule has 6 heteroatoms. The molecule has 1 atom stereocenters. The summed E-state index contributed by atoms with van der Waals surface area (Å²) in [6.45, 7) is 4.34. The maximum absolute atomic E-state index is 11.5. The van der Waals surface area contributed by atoms with E-state index in [9.17, 15) is 13.2 Å². The molecule has 1 aliphatic rings. The summed E-state index contributed by atoms with van der Waals surface area (Å²) in [5.41, 5.74) is 0. The quantitative estimate of drug-likeness (QED) is 0.699. The molecule has 0 aliphatic carbocycles. The molecular formula is C10H20N2O3S. The Kier molecular flexibility index (Phi) is 4.73. The van der Waals surface area contributed by atoms with E-state index in [1.165, 1.54) is 0 Å². The van der Waals surface area contributed by atoms with Gasteiger partial charge in [-0.1, -0.05) is 0 Å². The van der Waals surface area contributed by atoms with Crippen molar-refractivity contribution in [2.24, 2.45) is 0 Å². The van der Waals surface area contributed by atoms with Crippen LogP contribution in [0.25, 0.3) is 0 Å². The normalized spacial score (nSPS) is 23.6. The van der Waals surface area contributed by atoms with Gasteiger partial charge in [-0.15, -0.1) is 0 Å². The zero-order valence-corrected chi connectivity index (χ0v) is 10.6. The lowest BCUT2D eigenvalue weighted by atomic mass is 10.2. The first kappa shape index (κ1) is 13.4. The fraction of sp³-hybridized carbons (Fsp3) is 0.900. The first-order valence-electron chi connectivity index (χ1n) is 5.63. The van der Waals surface area contributed by atoms with Gasteiger partial charge in [0.05, 0.1) is 17.5 Å². The lowest BCUT2D eigenvalue weighted by molar-refractivity contribution is -0.120. The van der Waals surface area contributed by atoms with Gasteiger partial charge in [0, 0.05) is 12.6 Å². The number of nitrogens with one attached hydrogen (secondary N) is 2. The molecule has 1 fully saturated rings. The van der Waals surface area contributed by atoms with Crippen molar-refractivity contribution in [3.8, 4) is 0 Å². The number of rotatable bonds is 5. The first-order valence-corrected chi connectivity index (χ1v) is 7.35. The van der Waals surface area contributed by atoms with Gasteiger partial charge < -0.3 is 10.6 Å². The second kappa shape index (κ2) is 5.63. The van der Waals surface area contributed by atoms with E-state index in [2.05, 4.69) is 10.6 Å². The minimum atomic E-state index is -2.90. The number of carbonyl (C=O) groups is 1. The Labute approximate surface area is 96.9 Å². The summed E-state index contributed by atoms with van der Waals surface area (Å²) in [7, 11) is -2.90. The van der Waals surface area contributed by atoms with Gasteiger partial charge in [0.2, 0.25) is 5.91 Å². The monoisotopic (exact) mass is 248 g/mol. The predicted molar refractivity (Wildman–Crippen MR) is 63.0 cm³/mol. The Morgan fingerprint density at radius 2 is 2.12 bits per heavy atom. The summed E-state index contributed by atoms with van der Waals surface area (Å²) in [6, 6.07) is 0.115. The SMILES string of the molecule is CC(C)NC(=O)CNCC1CCCS1(=O)=O. The molecule has 0 aromatic rings. The highest BCUT2D eigenvalue weighted by Crippen LogP contribution is 2.18. The second-order valence-corrected chi connectivity index (χ2v) is 6.88. The molecule has 1 aliphatic heterocycles. The van der Waals surface area contributed by atoms with Gasteiger partial charge in [-0.3, -0.25) is 4.79 Å². The molecule has 0 radical (unpaired) electrons. The Morgan fingerprint density at radius 1 is 1.44 bits per heavy atom. The van der Waals surface area contributed by atoms with Crippen LogP contribution in [0, 0.1) is 0 Å². The van der Waals surface area contributed by atoms with Gasteiger partial charge in [-0.25, -0.2) is 8.42 Å². The number of sulfone groups is 1. The van der Waals surface area contributed by atoms with Crippen LogP contribution in [-0.2, 0) is 14.6 Å². The third-order valence-electron chi connectivity index (χ3n) is 2.57. The molecule has 1 saturated heterocycles. The molecule has 0 aromatic heterocycles. The molecule has 1 unspecified atom stereocenters. The summed E-state index contributed by atoms with van der Waals surface area (Å²) >= 11 is 0. The number of carbonyl (C=O) groups excluding carboxylic acids is 1. The molecule has 0 spiro atoms. The van der Waals surface area contributed by atoms with Crippen LogP contribution >= 0.6 is 0 Å². The lowest BCUT2D eigenvalue weighted by Gasteiger charge is -2.12. The predicted octanol–water partition coefficient (Wildman–Crippen LogP) is -0.322. The van der Waals surface area contributed by atoms with E-state index < -0.39 is 9.84 Å². The van der Waals surface area contributed by atoms with Crippen molar-refractivity contribution in [3.05, 3.63) is 0 Å². The van der Waals surface area contributed by atoms with Crippen molar-refractivity contribution in [1.82, 2.24) is 10.6 Å². The molecule has 16 heavy (non-hydrogen) atoms. The third-order valence-corrected chi connectivity index (χ3v) is 4.85. The molecule has 1 amide bonds. The summed E-state index contributed by atoms with van der Waals surface area (Å²) < 4.78 is 22.9. The van der Waals surface area contributed by atoms with Crippen LogP contribution in [0.4, 0.5) is 0 Å². The topological polar surface area (TPSA) is 75.3 Å². The maximum atomic E-state index is 11.5. The largest absolute Gasteiger partial charge is 0.353 e. The van der Waals surface area contributed by atoms with Crippen LogP contribution in [0.2, 0.25) is 0 Å². The molecule has 0 saturated carbocycles. The van der Waals surface area contributed by atoms with Gasteiger partial charge in [0.25, 0.3) is 0 Å². The molecule has 0 bridgehead atoms. The molecule has 94 valence electrons. The van der Waals surface area contributed by atoms with E-state index in [-0.39, 0.29) is 29.5 Å². The van der Waals surface area contributed by atoms with Crippen molar-refractivity contribution in [2.75, 3.05) is 18.8 Å². The van der Waals surface area contributed by atoms with Crippen LogP contribution in [-0.4, -0.2) is 44.5 Å². The average molecular weight is 248 g/mol. The Hall–Kier alpha value is -0.620. The highest BCUT2D eigenvalue weighted by atomic mass is 32.2. The fourth-order valence-electron chi connectivity index (χ4n) is 1.81. The molecule has 2 N–H and O–H groups in total. The van der Waals surface area contributed by atoms with Crippen molar-refractivity contribution in [1.29, 1.82) is 0 Å². The van der Waals surface area contributed by atoms with E-state index >= 15 is 0 Å². The van der Waals surface area contributed by atoms with Crippen molar-refractivity contribution >= 4 is 15.7 Å². The minimum Gasteiger partial charge on any atom is -0.353 e. The lowest BCUT2D eigenvalue weighted by Crippen LogP contribution is -2.40. The highest BCUT2D eigenvalue weighted by molar-refractivity contribution is 7.92. The van der Waals surface area contributed by atoms with Crippen molar-refractivity contribution in [2.45, 2.75) is 38.0 Å². The number of hydrogen-bond donors (Lipinski definition) is 2. The standard InChI is InChI=1S/C10H20N2O3S/c1-8(2)12-10(13)7-11-6-9-4-3-5-16(9,14)15/h8-9,11H,3-7H2,1-2H3,(H,12,13). The van der Waals surface area contributed by atoms with Crippen molar-refractivity contribution in [3.63, 3.8) is 0 Å². The maximum Gasteiger partial charge on any atom is 0.234 e. The first-order chi connectivity index (χ1) is 7.42. The fourth-order valence-corrected chi connectivity index (χ4v) is 3.61. The number of amides is 1. The second-order valence-electron chi connectivity index (χ2n) is 4.48. The van der Waals surface area contributed by atoms with Crippen LogP contribution in [0.3, 0.4) is 0 Å². The van der Waals surface area contributed by atoms with Crippen LogP contribution in [0.15, 0.2) is 0 Å². The molecule has 5 nitrogen and oxygen atoms in total. The molecule has 1 rings (SSSR count). The van der Waals surface area contributed by atoms with Crippen LogP contribution < -0.4 is 10.6 Å². The summed E-state index contributed by atoms with van der Waals surface area (Å²) in [5, 5.41) is 5.33. The van der Waals surface area contributed by atoms with Gasteiger partial charge in [-0.2, -0.15) is 0 Å². The molecular weight excluding hydrogens is 228 g/mol. The van der Waals surface area contributed by atoms with E-state index in [1.54, 1.807) is 0 Å². The molecule has 0 aromatic carbocycles. The highest BCUT2D eigenvalue weighted by Gasteiger charge is 2.30. The van der Waals surface area contributed by atoms with E-state index in [4.69, 9.17) is 0 Å². The zero-order chi connectivity index (χ0) is 12.2. The average Bonchev–Trinajstić information content (AvgIpc) is 2.44. The molecule has 1 heterocycles. The van der Waals surface area contributed by atoms with Crippen LogP contribution in [0.1, 0.15) is 26.7 Å². The third kappa shape index (κ3) is 4.09. The zero-order valence-electron chi connectivity index (χ0n) is 9.82. The van der Waals surface area contributed by atoms with Gasteiger partial charge in [-0.05, 0) is 26.7 Å². The van der Waals surface area contributed by atoms with Gasteiger partial charge >= 0.3 is 0 Å². The Morgan fingerprint density at radius 3 is 2.62 bits per heavy atom.